The molecule has 0 saturated heterocycles. The number of rotatable bonds is 6. The Labute approximate surface area is 92.9 Å². The maximum atomic E-state index is 2.38. The van der Waals surface area contributed by atoms with Crippen LogP contribution in [0.15, 0.2) is 23.1 Å². The van der Waals surface area contributed by atoms with E-state index in [0.717, 1.165) is 5.25 Å². The van der Waals surface area contributed by atoms with E-state index in [0.29, 0.717) is 0 Å². The Morgan fingerprint density at radius 2 is 2.21 bits per heavy atom. The molecule has 1 unspecified atom stereocenters. The van der Waals surface area contributed by atoms with Crippen molar-refractivity contribution in [2.24, 2.45) is 0 Å². The van der Waals surface area contributed by atoms with E-state index in [1.54, 1.807) is 0 Å². The van der Waals surface area contributed by atoms with Crippen molar-refractivity contribution in [2.45, 2.75) is 57.6 Å². The molecule has 1 heteroatoms. The summed E-state index contributed by atoms with van der Waals surface area (Å²) in [5.41, 5.74) is 0. The normalized spacial score (nSPS) is 18.0. The predicted octanol–water partition coefficient (Wildman–Crippen LogP) is 4.92. The van der Waals surface area contributed by atoms with Crippen molar-refractivity contribution in [1.82, 2.24) is 0 Å². The summed E-state index contributed by atoms with van der Waals surface area (Å²) in [6.07, 6.45) is 14.9. The van der Waals surface area contributed by atoms with Gasteiger partial charge in [0.1, 0.15) is 0 Å². The van der Waals surface area contributed by atoms with Gasteiger partial charge in [0.15, 0.2) is 0 Å². The van der Waals surface area contributed by atoms with Gasteiger partial charge in [-0.05, 0) is 19.3 Å². The summed E-state index contributed by atoms with van der Waals surface area (Å²) < 4.78 is 0. The maximum absolute atomic E-state index is 2.38. The fraction of sp³-hybridized carbons (Fsp3) is 0.692. The topological polar surface area (TPSA) is 0 Å². The van der Waals surface area contributed by atoms with Crippen LogP contribution in [-0.2, 0) is 0 Å². The monoisotopic (exact) mass is 210 g/mol. The van der Waals surface area contributed by atoms with Crippen LogP contribution in [-0.4, -0.2) is 5.25 Å². The van der Waals surface area contributed by atoms with Crippen LogP contribution < -0.4 is 0 Å². The van der Waals surface area contributed by atoms with Gasteiger partial charge in [-0.2, -0.15) is 0 Å². The zero-order valence-corrected chi connectivity index (χ0v) is 10.3. The minimum absolute atomic E-state index is 0.788. The summed E-state index contributed by atoms with van der Waals surface area (Å²) in [6.45, 7) is 4.62. The van der Waals surface area contributed by atoms with Gasteiger partial charge in [0, 0.05) is 10.2 Å². The summed E-state index contributed by atoms with van der Waals surface area (Å²) >= 11 is 2.05. The van der Waals surface area contributed by atoms with E-state index in [1.165, 1.54) is 43.4 Å². The second-order valence-corrected chi connectivity index (χ2v) is 5.52. The zero-order valence-electron chi connectivity index (χ0n) is 9.46. The molecular formula is C13H22S. The average molecular weight is 210 g/mol. The molecule has 0 N–H and O–H groups in total. The van der Waals surface area contributed by atoms with Crippen molar-refractivity contribution in [3.63, 3.8) is 0 Å². The van der Waals surface area contributed by atoms with Gasteiger partial charge in [-0.15, -0.1) is 11.8 Å². The van der Waals surface area contributed by atoms with E-state index in [4.69, 9.17) is 0 Å². The van der Waals surface area contributed by atoms with Gasteiger partial charge in [-0.25, -0.2) is 0 Å². The molecule has 1 rings (SSSR count). The summed E-state index contributed by atoms with van der Waals surface area (Å²) in [4.78, 5) is 1.49. The van der Waals surface area contributed by atoms with E-state index in [9.17, 15) is 0 Å². The van der Waals surface area contributed by atoms with Crippen LogP contribution in [0.4, 0.5) is 0 Å². The summed E-state index contributed by atoms with van der Waals surface area (Å²) in [5, 5.41) is 0.788. The molecule has 1 aliphatic carbocycles. The van der Waals surface area contributed by atoms with E-state index < -0.39 is 0 Å². The highest BCUT2D eigenvalue weighted by Gasteiger charge is 2.05. The SMILES string of the molecule is CCCCCC(C)SC1=CCCC=C1. The smallest absolute Gasteiger partial charge is 0.00659 e. The van der Waals surface area contributed by atoms with Crippen LogP contribution in [0.2, 0.25) is 0 Å². The fourth-order valence-corrected chi connectivity index (χ4v) is 2.79. The maximum Gasteiger partial charge on any atom is 0.00659 e. The average Bonchev–Trinajstić information content (AvgIpc) is 2.20. The minimum Gasteiger partial charge on any atom is -0.123 e. The molecule has 14 heavy (non-hydrogen) atoms. The van der Waals surface area contributed by atoms with Gasteiger partial charge < -0.3 is 0 Å². The highest BCUT2D eigenvalue weighted by molar-refractivity contribution is 8.03. The van der Waals surface area contributed by atoms with Crippen LogP contribution in [0.1, 0.15) is 52.4 Å². The lowest BCUT2D eigenvalue weighted by molar-refractivity contribution is 0.665. The van der Waals surface area contributed by atoms with Crippen molar-refractivity contribution in [1.29, 1.82) is 0 Å². The fourth-order valence-electron chi connectivity index (χ4n) is 1.65. The first kappa shape index (κ1) is 11.9. The summed E-state index contributed by atoms with van der Waals surface area (Å²) in [7, 11) is 0. The molecule has 0 fully saturated rings. The molecule has 0 radical (unpaired) electrons. The van der Waals surface area contributed by atoms with Crippen molar-refractivity contribution < 1.29 is 0 Å². The van der Waals surface area contributed by atoms with Crippen LogP contribution in [0.25, 0.3) is 0 Å². The predicted molar refractivity (Wildman–Crippen MR) is 67.7 cm³/mol. The Balaban J connectivity index is 2.16. The van der Waals surface area contributed by atoms with E-state index in [2.05, 4.69) is 32.1 Å². The van der Waals surface area contributed by atoms with Gasteiger partial charge in [0.25, 0.3) is 0 Å². The molecule has 0 amide bonds. The first-order valence-electron chi connectivity index (χ1n) is 5.86. The lowest BCUT2D eigenvalue weighted by Gasteiger charge is -2.13. The molecule has 80 valence electrons. The third-order valence-corrected chi connectivity index (χ3v) is 3.73. The number of unbranched alkanes of at least 4 members (excludes halogenated alkanes) is 2. The number of hydrogen-bond donors (Lipinski definition) is 0. The molecule has 1 atom stereocenters. The number of thioether (sulfide) groups is 1. The van der Waals surface area contributed by atoms with E-state index in [-0.39, 0.29) is 0 Å². The third-order valence-electron chi connectivity index (χ3n) is 2.51. The highest BCUT2D eigenvalue weighted by Crippen LogP contribution is 2.28. The quantitative estimate of drug-likeness (QED) is 0.561. The Hall–Kier alpha value is -0.170. The van der Waals surface area contributed by atoms with Gasteiger partial charge >= 0.3 is 0 Å². The molecule has 0 heterocycles. The second kappa shape index (κ2) is 7.17. The van der Waals surface area contributed by atoms with Gasteiger partial charge in [0.2, 0.25) is 0 Å². The Morgan fingerprint density at radius 1 is 1.36 bits per heavy atom. The van der Waals surface area contributed by atoms with Gasteiger partial charge in [0.05, 0.1) is 0 Å². The van der Waals surface area contributed by atoms with Crippen molar-refractivity contribution in [2.75, 3.05) is 0 Å². The molecule has 1 aliphatic rings. The van der Waals surface area contributed by atoms with Crippen molar-refractivity contribution >= 4 is 11.8 Å². The standard InChI is InChI=1S/C13H22S/c1-3-4-6-9-12(2)14-13-10-7-5-8-11-13/h7,10-12H,3-6,8-9H2,1-2H3. The third kappa shape index (κ3) is 4.90. The Bertz CT molecular complexity index is 203. The second-order valence-electron chi connectivity index (χ2n) is 4.01. The van der Waals surface area contributed by atoms with Crippen LogP contribution in [0.3, 0.4) is 0 Å². The summed E-state index contributed by atoms with van der Waals surface area (Å²) in [6, 6.07) is 0. The zero-order chi connectivity index (χ0) is 10.2. The molecule has 0 bridgehead atoms. The molecule has 0 aromatic rings. The molecule has 0 aromatic heterocycles. The van der Waals surface area contributed by atoms with Crippen LogP contribution in [0, 0.1) is 0 Å². The lowest BCUT2D eigenvalue weighted by atomic mass is 10.2. The molecule has 0 aliphatic heterocycles. The Morgan fingerprint density at radius 3 is 2.86 bits per heavy atom. The van der Waals surface area contributed by atoms with E-state index >= 15 is 0 Å². The molecular weight excluding hydrogens is 188 g/mol. The Kier molecular flexibility index (Phi) is 6.09. The van der Waals surface area contributed by atoms with Crippen molar-refractivity contribution in [3.05, 3.63) is 23.1 Å². The number of allylic oxidation sites excluding steroid dienone is 3. The summed E-state index contributed by atoms with van der Waals surface area (Å²) in [5.74, 6) is 0. The minimum atomic E-state index is 0.788. The van der Waals surface area contributed by atoms with E-state index in [1.807, 2.05) is 11.8 Å². The van der Waals surface area contributed by atoms with Crippen LogP contribution >= 0.6 is 11.8 Å². The number of hydrogen-bond acceptors (Lipinski definition) is 1. The van der Waals surface area contributed by atoms with Gasteiger partial charge in [-0.1, -0.05) is 51.3 Å². The van der Waals surface area contributed by atoms with Crippen molar-refractivity contribution in [3.8, 4) is 0 Å². The first-order valence-corrected chi connectivity index (χ1v) is 6.74. The highest BCUT2D eigenvalue weighted by atomic mass is 32.2. The molecule has 0 aromatic carbocycles. The molecule has 0 spiro atoms. The van der Waals surface area contributed by atoms with Gasteiger partial charge in [-0.3, -0.25) is 0 Å². The molecule has 0 saturated carbocycles. The van der Waals surface area contributed by atoms with Crippen LogP contribution in [0.5, 0.6) is 0 Å². The molecule has 0 nitrogen and oxygen atoms in total. The lowest BCUT2D eigenvalue weighted by Crippen LogP contribution is -1.96. The first-order chi connectivity index (χ1) is 6.83. The largest absolute Gasteiger partial charge is 0.123 e.